The Hall–Kier alpha value is -1.64. The number of aldehydes is 1. The lowest BCUT2D eigenvalue weighted by atomic mass is 10.1. The summed E-state index contributed by atoms with van der Waals surface area (Å²) in [4.78, 5) is 15.4. The minimum Gasteiger partial charge on any atom is -0.303 e. The van der Waals surface area contributed by atoms with Crippen LogP contribution in [0.25, 0.3) is 5.52 Å². The van der Waals surface area contributed by atoms with Gasteiger partial charge >= 0.3 is 0 Å². The Kier molecular flexibility index (Phi) is 2.67. The van der Waals surface area contributed by atoms with Gasteiger partial charge in [-0.05, 0) is 25.0 Å². The van der Waals surface area contributed by atoms with Gasteiger partial charge in [0.2, 0.25) is 0 Å². The molecule has 1 aliphatic carbocycles. The Labute approximate surface area is 100 Å². The number of imidazole rings is 1. The Balaban J connectivity index is 2.13. The highest BCUT2D eigenvalue weighted by molar-refractivity contribution is 5.63. The van der Waals surface area contributed by atoms with E-state index in [1.165, 1.54) is 25.7 Å². The summed E-state index contributed by atoms with van der Waals surface area (Å²) in [6.45, 7) is 0. The van der Waals surface area contributed by atoms with Crippen LogP contribution in [0.5, 0.6) is 0 Å². The highest BCUT2D eigenvalue weighted by Gasteiger charge is 2.22. The van der Waals surface area contributed by atoms with Gasteiger partial charge in [0, 0.05) is 18.5 Å². The molecule has 0 bridgehead atoms. The van der Waals surface area contributed by atoms with E-state index in [-0.39, 0.29) is 0 Å². The lowest BCUT2D eigenvalue weighted by Gasteiger charge is -2.07. The zero-order chi connectivity index (χ0) is 11.7. The van der Waals surface area contributed by atoms with Crippen LogP contribution in [0.4, 0.5) is 0 Å². The molecule has 0 spiro atoms. The molecule has 0 radical (unpaired) electrons. The van der Waals surface area contributed by atoms with E-state index in [9.17, 15) is 4.79 Å². The molecule has 0 aromatic carbocycles. The normalized spacial score (nSPS) is 16.7. The lowest BCUT2D eigenvalue weighted by Crippen LogP contribution is -1.99. The summed E-state index contributed by atoms with van der Waals surface area (Å²) in [7, 11) is 0. The largest absolute Gasteiger partial charge is 0.303 e. The molecule has 2 aromatic rings. The number of nitrogens with zero attached hydrogens (tertiary/aromatic N) is 2. The molecule has 1 aliphatic rings. The van der Waals surface area contributed by atoms with Crippen molar-refractivity contribution in [2.24, 2.45) is 0 Å². The predicted octanol–water partition coefficient (Wildman–Crippen LogP) is 2.73. The minimum absolute atomic E-state index is 0.417. The first-order chi connectivity index (χ1) is 8.40. The number of rotatable bonds is 3. The number of aromatic nitrogens is 2. The van der Waals surface area contributed by atoms with Gasteiger partial charge < -0.3 is 9.20 Å². The molecule has 88 valence electrons. The summed E-state index contributed by atoms with van der Waals surface area (Å²) in [6, 6.07) is 6.08. The smallest absolute Gasteiger partial charge is 0.126 e. The molecule has 1 saturated carbocycles. The van der Waals surface area contributed by atoms with Crippen molar-refractivity contribution in [3.63, 3.8) is 0 Å². The van der Waals surface area contributed by atoms with E-state index in [4.69, 9.17) is 4.98 Å². The zero-order valence-corrected chi connectivity index (χ0v) is 9.80. The maximum absolute atomic E-state index is 10.7. The molecule has 0 N–H and O–H groups in total. The maximum atomic E-state index is 10.7. The van der Waals surface area contributed by atoms with Gasteiger partial charge in [0.15, 0.2) is 0 Å². The predicted molar refractivity (Wildman–Crippen MR) is 66.2 cm³/mol. The molecule has 0 atom stereocenters. The molecule has 17 heavy (non-hydrogen) atoms. The summed E-state index contributed by atoms with van der Waals surface area (Å²) in [6.07, 6.45) is 8.48. The van der Waals surface area contributed by atoms with Crippen molar-refractivity contribution in [3.05, 3.63) is 35.9 Å². The van der Waals surface area contributed by atoms with Gasteiger partial charge in [-0.25, -0.2) is 4.98 Å². The second-order valence-corrected chi connectivity index (χ2v) is 4.72. The van der Waals surface area contributed by atoms with Gasteiger partial charge in [-0.3, -0.25) is 0 Å². The van der Waals surface area contributed by atoms with Crippen LogP contribution in [0, 0.1) is 0 Å². The highest BCUT2D eigenvalue weighted by atomic mass is 16.1. The molecule has 3 nitrogen and oxygen atoms in total. The highest BCUT2D eigenvalue weighted by Crippen LogP contribution is 2.34. The second-order valence-electron chi connectivity index (χ2n) is 4.72. The molecule has 0 unspecified atom stereocenters. The molecule has 2 aromatic heterocycles. The number of carbonyl (C=O) groups excluding carboxylic acids is 1. The fraction of sp³-hybridized carbons (Fsp3) is 0.429. The fourth-order valence-corrected chi connectivity index (χ4v) is 2.83. The average Bonchev–Trinajstić information content (AvgIpc) is 2.97. The summed E-state index contributed by atoms with van der Waals surface area (Å²) >= 11 is 0. The summed E-state index contributed by atoms with van der Waals surface area (Å²) in [5.74, 6) is 1.72. The molecular formula is C14H16N2O. The first kappa shape index (κ1) is 10.5. The van der Waals surface area contributed by atoms with Gasteiger partial charge in [0.25, 0.3) is 0 Å². The fourth-order valence-electron chi connectivity index (χ4n) is 2.83. The molecule has 3 heteroatoms. The van der Waals surface area contributed by atoms with E-state index in [0.29, 0.717) is 12.3 Å². The molecule has 3 rings (SSSR count). The Bertz CT molecular complexity index is 538. The van der Waals surface area contributed by atoms with Gasteiger partial charge in [0.05, 0.1) is 11.2 Å². The minimum atomic E-state index is 0.417. The van der Waals surface area contributed by atoms with Crippen LogP contribution in [-0.2, 0) is 11.2 Å². The quantitative estimate of drug-likeness (QED) is 0.757. The zero-order valence-electron chi connectivity index (χ0n) is 9.80. The molecule has 2 heterocycles. The van der Waals surface area contributed by atoms with Crippen LogP contribution in [-0.4, -0.2) is 15.7 Å². The topological polar surface area (TPSA) is 34.4 Å². The van der Waals surface area contributed by atoms with Crippen LogP contribution in [0.15, 0.2) is 24.4 Å². The van der Waals surface area contributed by atoms with E-state index in [1.807, 2.05) is 18.2 Å². The Morgan fingerprint density at radius 3 is 2.94 bits per heavy atom. The van der Waals surface area contributed by atoms with Crippen LogP contribution in [0.2, 0.25) is 0 Å². The van der Waals surface area contributed by atoms with Crippen LogP contribution < -0.4 is 0 Å². The van der Waals surface area contributed by atoms with Crippen LogP contribution >= 0.6 is 0 Å². The first-order valence-corrected chi connectivity index (χ1v) is 6.29. The van der Waals surface area contributed by atoms with Crippen molar-refractivity contribution in [2.45, 2.75) is 38.0 Å². The average molecular weight is 228 g/mol. The van der Waals surface area contributed by atoms with Crippen molar-refractivity contribution in [2.75, 3.05) is 0 Å². The number of fused-ring (bicyclic) bond motifs is 1. The molecule has 0 saturated heterocycles. The third-order valence-electron chi connectivity index (χ3n) is 3.65. The van der Waals surface area contributed by atoms with E-state index < -0.39 is 0 Å². The number of hydrogen-bond donors (Lipinski definition) is 0. The molecule has 0 aliphatic heterocycles. The third kappa shape index (κ3) is 1.75. The maximum Gasteiger partial charge on any atom is 0.126 e. The van der Waals surface area contributed by atoms with Crippen molar-refractivity contribution in [1.29, 1.82) is 0 Å². The summed E-state index contributed by atoms with van der Waals surface area (Å²) in [5.41, 5.74) is 2.00. The van der Waals surface area contributed by atoms with E-state index in [1.54, 1.807) is 0 Å². The van der Waals surface area contributed by atoms with Crippen molar-refractivity contribution < 1.29 is 4.79 Å². The van der Waals surface area contributed by atoms with Crippen LogP contribution in [0.1, 0.15) is 43.1 Å². The van der Waals surface area contributed by atoms with Gasteiger partial charge in [0.1, 0.15) is 12.1 Å². The molecular weight excluding hydrogens is 212 g/mol. The monoisotopic (exact) mass is 228 g/mol. The van der Waals surface area contributed by atoms with Crippen molar-refractivity contribution in [1.82, 2.24) is 9.38 Å². The number of pyridine rings is 1. The van der Waals surface area contributed by atoms with Crippen LogP contribution in [0.3, 0.4) is 0 Å². The lowest BCUT2D eigenvalue weighted by molar-refractivity contribution is -0.107. The third-order valence-corrected chi connectivity index (χ3v) is 3.65. The number of carbonyl (C=O) groups is 1. The summed E-state index contributed by atoms with van der Waals surface area (Å²) in [5, 5.41) is 0. The van der Waals surface area contributed by atoms with E-state index in [2.05, 4.69) is 10.6 Å². The summed E-state index contributed by atoms with van der Waals surface area (Å²) < 4.78 is 2.16. The van der Waals surface area contributed by atoms with Gasteiger partial charge in [-0.15, -0.1) is 0 Å². The molecule has 1 fully saturated rings. The van der Waals surface area contributed by atoms with Crippen molar-refractivity contribution in [3.8, 4) is 0 Å². The van der Waals surface area contributed by atoms with Gasteiger partial charge in [-0.2, -0.15) is 0 Å². The van der Waals surface area contributed by atoms with Gasteiger partial charge in [-0.1, -0.05) is 18.9 Å². The first-order valence-electron chi connectivity index (χ1n) is 6.29. The Morgan fingerprint density at radius 1 is 1.35 bits per heavy atom. The van der Waals surface area contributed by atoms with E-state index in [0.717, 1.165) is 23.3 Å². The standard InChI is InChI=1S/C14H16N2O/c17-10-8-12-13-7-3-4-9-16(13)14(15-12)11-5-1-2-6-11/h3-4,7,9-11H,1-2,5-6,8H2. The van der Waals surface area contributed by atoms with E-state index >= 15 is 0 Å². The Morgan fingerprint density at radius 2 is 2.18 bits per heavy atom. The molecule has 0 amide bonds. The number of hydrogen-bond acceptors (Lipinski definition) is 2. The second kappa shape index (κ2) is 4.32. The van der Waals surface area contributed by atoms with Crippen molar-refractivity contribution >= 4 is 11.8 Å². The SMILES string of the molecule is O=CCc1nc(C2CCCC2)n2ccccc12.